The van der Waals surface area contributed by atoms with E-state index in [1.165, 1.54) is 12.0 Å². The molecule has 0 aliphatic carbocycles. The fourth-order valence-electron chi connectivity index (χ4n) is 1.38. The average Bonchev–Trinajstić information content (AvgIpc) is 2.19. The van der Waals surface area contributed by atoms with Crippen molar-refractivity contribution in [3.05, 3.63) is 35.9 Å². The molecule has 1 N–H and O–H groups in total. The Morgan fingerprint density at radius 1 is 1.15 bits per heavy atom. The molecule has 0 saturated carbocycles. The van der Waals surface area contributed by atoms with Crippen molar-refractivity contribution in [1.29, 1.82) is 0 Å². The van der Waals surface area contributed by atoms with Crippen molar-refractivity contribution < 1.29 is 0 Å². The Morgan fingerprint density at radius 2 is 1.77 bits per heavy atom. The normalized spacial score (nSPS) is 15.3. The summed E-state index contributed by atoms with van der Waals surface area (Å²) in [6.45, 7) is 6.64. The molecule has 0 saturated heterocycles. The van der Waals surface area contributed by atoms with Crippen molar-refractivity contribution in [2.24, 2.45) is 0 Å². The Kier molecular flexibility index (Phi) is 3.97. The van der Waals surface area contributed by atoms with Gasteiger partial charge in [-0.15, -0.1) is 0 Å². The van der Waals surface area contributed by atoms with Crippen molar-refractivity contribution in [1.82, 2.24) is 5.32 Å². The van der Waals surface area contributed by atoms with Crippen LogP contribution in [0.1, 0.15) is 38.8 Å². The van der Waals surface area contributed by atoms with Gasteiger partial charge in [0, 0.05) is 12.1 Å². The van der Waals surface area contributed by atoms with Gasteiger partial charge in [0.25, 0.3) is 0 Å². The van der Waals surface area contributed by atoms with Crippen LogP contribution in [0.15, 0.2) is 30.3 Å². The zero-order valence-electron chi connectivity index (χ0n) is 8.75. The van der Waals surface area contributed by atoms with E-state index in [2.05, 4.69) is 56.4 Å². The van der Waals surface area contributed by atoms with E-state index in [1.807, 2.05) is 0 Å². The Labute approximate surface area is 81.2 Å². The highest BCUT2D eigenvalue weighted by Crippen LogP contribution is 2.12. The van der Waals surface area contributed by atoms with Crippen LogP contribution in [0, 0.1) is 0 Å². The highest BCUT2D eigenvalue weighted by Gasteiger charge is 2.06. The molecular formula is C12H19N. The molecule has 1 rings (SSSR count). The predicted octanol–water partition coefficient (Wildman–Crippen LogP) is 3.14. The summed E-state index contributed by atoms with van der Waals surface area (Å²) >= 11 is 0. The second-order valence-electron chi connectivity index (χ2n) is 3.61. The lowest BCUT2D eigenvalue weighted by Crippen LogP contribution is -2.28. The number of hydrogen-bond acceptors (Lipinski definition) is 1. The molecule has 1 aromatic rings. The number of hydrogen-bond donors (Lipinski definition) is 1. The van der Waals surface area contributed by atoms with Gasteiger partial charge in [0.1, 0.15) is 0 Å². The quantitative estimate of drug-likeness (QED) is 0.745. The van der Waals surface area contributed by atoms with E-state index in [4.69, 9.17) is 0 Å². The van der Waals surface area contributed by atoms with Crippen molar-refractivity contribution in [2.75, 3.05) is 0 Å². The van der Waals surface area contributed by atoms with Gasteiger partial charge in [0.15, 0.2) is 0 Å². The minimum atomic E-state index is 0.455. The van der Waals surface area contributed by atoms with Crippen molar-refractivity contribution >= 4 is 0 Å². The standard InChI is InChI=1S/C12H19N/c1-4-10(2)13-11(3)12-8-6-5-7-9-12/h5-11,13H,4H2,1-3H3/t10-,11-/m0/s1. The van der Waals surface area contributed by atoms with Crippen molar-refractivity contribution in [2.45, 2.75) is 39.3 Å². The molecule has 0 radical (unpaired) electrons. The van der Waals surface area contributed by atoms with Crippen LogP contribution in [0.3, 0.4) is 0 Å². The Hall–Kier alpha value is -0.820. The lowest BCUT2D eigenvalue weighted by Gasteiger charge is -2.18. The first-order valence-corrected chi connectivity index (χ1v) is 5.05. The number of benzene rings is 1. The van der Waals surface area contributed by atoms with Crippen LogP contribution in [-0.4, -0.2) is 6.04 Å². The van der Waals surface area contributed by atoms with Crippen LogP contribution >= 0.6 is 0 Å². The van der Waals surface area contributed by atoms with Crippen LogP contribution in [0.5, 0.6) is 0 Å². The van der Waals surface area contributed by atoms with Gasteiger partial charge in [0.2, 0.25) is 0 Å². The molecule has 0 amide bonds. The third-order valence-corrected chi connectivity index (χ3v) is 2.45. The molecule has 0 aromatic heterocycles. The van der Waals surface area contributed by atoms with Crippen LogP contribution in [-0.2, 0) is 0 Å². The van der Waals surface area contributed by atoms with Gasteiger partial charge in [0.05, 0.1) is 0 Å². The minimum Gasteiger partial charge on any atom is -0.308 e. The third kappa shape index (κ3) is 3.19. The molecule has 2 atom stereocenters. The summed E-state index contributed by atoms with van der Waals surface area (Å²) in [5.74, 6) is 0. The molecule has 0 spiro atoms. The summed E-state index contributed by atoms with van der Waals surface area (Å²) in [6.07, 6.45) is 1.18. The lowest BCUT2D eigenvalue weighted by atomic mass is 10.1. The third-order valence-electron chi connectivity index (χ3n) is 2.45. The van der Waals surface area contributed by atoms with Gasteiger partial charge >= 0.3 is 0 Å². The van der Waals surface area contributed by atoms with Crippen molar-refractivity contribution in [3.63, 3.8) is 0 Å². The Balaban J connectivity index is 2.53. The maximum Gasteiger partial charge on any atom is 0.0294 e. The largest absolute Gasteiger partial charge is 0.308 e. The fourth-order valence-corrected chi connectivity index (χ4v) is 1.38. The molecule has 0 unspecified atom stereocenters. The first kappa shape index (κ1) is 10.3. The molecule has 0 aliphatic heterocycles. The lowest BCUT2D eigenvalue weighted by molar-refractivity contribution is 0.469. The molecule has 1 nitrogen and oxygen atoms in total. The minimum absolute atomic E-state index is 0.455. The summed E-state index contributed by atoms with van der Waals surface area (Å²) in [6, 6.07) is 11.6. The van der Waals surface area contributed by atoms with Gasteiger partial charge in [-0.1, -0.05) is 37.3 Å². The Morgan fingerprint density at radius 3 is 2.31 bits per heavy atom. The zero-order chi connectivity index (χ0) is 9.68. The maximum atomic E-state index is 3.55. The second-order valence-corrected chi connectivity index (χ2v) is 3.61. The monoisotopic (exact) mass is 177 g/mol. The maximum absolute atomic E-state index is 3.55. The van der Waals surface area contributed by atoms with Crippen LogP contribution < -0.4 is 5.32 Å². The molecule has 72 valence electrons. The smallest absolute Gasteiger partial charge is 0.0294 e. The Bertz CT molecular complexity index is 230. The summed E-state index contributed by atoms with van der Waals surface area (Å²) in [7, 11) is 0. The average molecular weight is 177 g/mol. The molecule has 13 heavy (non-hydrogen) atoms. The summed E-state index contributed by atoms with van der Waals surface area (Å²) < 4.78 is 0. The van der Waals surface area contributed by atoms with E-state index in [9.17, 15) is 0 Å². The van der Waals surface area contributed by atoms with E-state index >= 15 is 0 Å². The van der Waals surface area contributed by atoms with Gasteiger partial charge in [-0.25, -0.2) is 0 Å². The van der Waals surface area contributed by atoms with Crippen LogP contribution in [0.4, 0.5) is 0 Å². The van der Waals surface area contributed by atoms with E-state index in [0.717, 1.165) is 0 Å². The number of rotatable bonds is 4. The van der Waals surface area contributed by atoms with Gasteiger partial charge in [-0.2, -0.15) is 0 Å². The summed E-state index contributed by atoms with van der Waals surface area (Å²) in [5.41, 5.74) is 1.36. The molecule has 0 heterocycles. The first-order chi connectivity index (χ1) is 6.24. The van der Waals surface area contributed by atoms with E-state index < -0.39 is 0 Å². The number of nitrogens with one attached hydrogen (secondary N) is 1. The molecule has 0 fully saturated rings. The molecular weight excluding hydrogens is 158 g/mol. The van der Waals surface area contributed by atoms with Crippen molar-refractivity contribution in [3.8, 4) is 0 Å². The van der Waals surface area contributed by atoms with Gasteiger partial charge in [-0.05, 0) is 25.8 Å². The van der Waals surface area contributed by atoms with Gasteiger partial charge < -0.3 is 5.32 Å². The topological polar surface area (TPSA) is 12.0 Å². The molecule has 1 heteroatoms. The molecule has 1 aromatic carbocycles. The first-order valence-electron chi connectivity index (χ1n) is 5.05. The summed E-state index contributed by atoms with van der Waals surface area (Å²) in [4.78, 5) is 0. The molecule has 0 bridgehead atoms. The highest BCUT2D eigenvalue weighted by molar-refractivity contribution is 5.18. The SMILES string of the molecule is CC[C@H](C)N[C@@H](C)c1ccccc1. The van der Waals surface area contributed by atoms with E-state index in [1.54, 1.807) is 0 Å². The summed E-state index contributed by atoms with van der Waals surface area (Å²) in [5, 5.41) is 3.55. The fraction of sp³-hybridized carbons (Fsp3) is 0.500. The zero-order valence-corrected chi connectivity index (χ0v) is 8.75. The van der Waals surface area contributed by atoms with E-state index in [0.29, 0.717) is 12.1 Å². The second kappa shape index (κ2) is 5.03. The highest BCUT2D eigenvalue weighted by atomic mass is 14.9. The van der Waals surface area contributed by atoms with E-state index in [-0.39, 0.29) is 0 Å². The van der Waals surface area contributed by atoms with Crippen LogP contribution in [0.25, 0.3) is 0 Å². The molecule has 0 aliphatic rings. The van der Waals surface area contributed by atoms with Gasteiger partial charge in [-0.3, -0.25) is 0 Å². The predicted molar refractivity (Wildman–Crippen MR) is 57.7 cm³/mol. The van der Waals surface area contributed by atoms with Crippen LogP contribution in [0.2, 0.25) is 0 Å².